The highest BCUT2D eigenvalue weighted by Crippen LogP contribution is 2.38. The highest BCUT2D eigenvalue weighted by atomic mass is 16.8. The molecule has 7 heteroatoms. The van der Waals surface area contributed by atoms with Crippen LogP contribution in [0, 0.1) is 0 Å². The van der Waals surface area contributed by atoms with Gasteiger partial charge in [-0.2, -0.15) is 0 Å². The zero-order valence-electron chi connectivity index (χ0n) is 18.9. The summed E-state index contributed by atoms with van der Waals surface area (Å²) in [6.07, 6.45) is -1.03. The van der Waals surface area contributed by atoms with Crippen LogP contribution in [0.15, 0.2) is 60.7 Å². The normalized spacial score (nSPS) is 28.0. The van der Waals surface area contributed by atoms with Gasteiger partial charge in [-0.1, -0.05) is 80.4 Å². The standard InChI is InChI=1S/C26H32O7/c1-2-3-6-15-22(28)29-16-20(27)23-24-21(31-26(32-23)19-13-9-5-10-14-19)17-30-25(33-24)18-11-7-4-8-12-18/h4-5,7-14,20-21,23-27H,2-3,6,15-17H2,1H3. The SMILES string of the molecule is CCCCCC(=O)OCC(O)C1OC(c2ccccc2)OC2COC(c3ccccc3)OC21. The Labute approximate surface area is 194 Å². The van der Waals surface area contributed by atoms with Crippen LogP contribution in [0.1, 0.15) is 56.3 Å². The van der Waals surface area contributed by atoms with Crippen LogP contribution >= 0.6 is 0 Å². The van der Waals surface area contributed by atoms with E-state index in [1.807, 2.05) is 60.7 Å². The molecule has 0 aromatic heterocycles. The molecule has 2 aromatic rings. The van der Waals surface area contributed by atoms with Crippen molar-refractivity contribution in [3.63, 3.8) is 0 Å². The maximum Gasteiger partial charge on any atom is 0.305 e. The maximum atomic E-state index is 12.1. The molecular weight excluding hydrogens is 424 g/mol. The quantitative estimate of drug-likeness (QED) is 0.450. The molecule has 4 rings (SSSR count). The molecule has 2 aromatic carbocycles. The van der Waals surface area contributed by atoms with E-state index in [2.05, 4.69) is 6.92 Å². The molecule has 2 aliphatic heterocycles. The summed E-state index contributed by atoms with van der Waals surface area (Å²) in [5, 5.41) is 11.0. The zero-order valence-corrected chi connectivity index (χ0v) is 18.9. The fourth-order valence-electron chi connectivity index (χ4n) is 4.09. The molecule has 0 radical (unpaired) electrons. The van der Waals surface area contributed by atoms with Gasteiger partial charge in [0.05, 0.1) is 6.61 Å². The van der Waals surface area contributed by atoms with Crippen LogP contribution in [0.2, 0.25) is 0 Å². The smallest absolute Gasteiger partial charge is 0.305 e. The first-order chi connectivity index (χ1) is 16.2. The highest BCUT2D eigenvalue weighted by Gasteiger charge is 2.48. The van der Waals surface area contributed by atoms with Gasteiger partial charge in [-0.15, -0.1) is 0 Å². The molecule has 0 saturated carbocycles. The van der Waals surface area contributed by atoms with Crippen molar-refractivity contribution in [1.29, 1.82) is 0 Å². The molecule has 1 N–H and O–H groups in total. The molecule has 6 atom stereocenters. The number of aliphatic hydroxyl groups excluding tert-OH is 1. The summed E-state index contributed by atoms with van der Waals surface area (Å²) >= 11 is 0. The van der Waals surface area contributed by atoms with Gasteiger partial charge in [0.2, 0.25) is 0 Å². The van der Waals surface area contributed by atoms with Crippen molar-refractivity contribution in [3.8, 4) is 0 Å². The number of benzene rings is 2. The van der Waals surface area contributed by atoms with Crippen molar-refractivity contribution < 1.29 is 33.6 Å². The zero-order chi connectivity index (χ0) is 23.0. The lowest BCUT2D eigenvalue weighted by Crippen LogP contribution is -2.58. The predicted molar refractivity (Wildman–Crippen MR) is 120 cm³/mol. The number of rotatable bonds is 9. The summed E-state index contributed by atoms with van der Waals surface area (Å²) in [7, 11) is 0. The van der Waals surface area contributed by atoms with E-state index in [-0.39, 0.29) is 19.2 Å². The number of esters is 1. The van der Waals surface area contributed by atoms with E-state index in [0.717, 1.165) is 30.4 Å². The van der Waals surface area contributed by atoms with Gasteiger partial charge in [-0.3, -0.25) is 4.79 Å². The van der Waals surface area contributed by atoms with Crippen molar-refractivity contribution in [1.82, 2.24) is 0 Å². The highest BCUT2D eigenvalue weighted by molar-refractivity contribution is 5.69. The van der Waals surface area contributed by atoms with Crippen LogP contribution in [0.3, 0.4) is 0 Å². The number of ether oxygens (including phenoxy) is 5. The van der Waals surface area contributed by atoms with E-state index in [4.69, 9.17) is 23.7 Å². The molecule has 33 heavy (non-hydrogen) atoms. The van der Waals surface area contributed by atoms with Crippen molar-refractivity contribution >= 4 is 5.97 Å². The Morgan fingerprint density at radius 1 is 0.970 bits per heavy atom. The molecule has 0 amide bonds. The van der Waals surface area contributed by atoms with E-state index in [9.17, 15) is 9.90 Å². The van der Waals surface area contributed by atoms with Crippen molar-refractivity contribution in [3.05, 3.63) is 71.8 Å². The lowest BCUT2D eigenvalue weighted by Gasteiger charge is -2.47. The van der Waals surface area contributed by atoms with Crippen LogP contribution in [0.4, 0.5) is 0 Å². The average Bonchev–Trinajstić information content (AvgIpc) is 2.87. The van der Waals surface area contributed by atoms with Gasteiger partial charge in [-0.05, 0) is 6.42 Å². The Bertz CT molecular complexity index is 859. The second-order valence-corrected chi connectivity index (χ2v) is 8.40. The van der Waals surface area contributed by atoms with Gasteiger partial charge in [0.25, 0.3) is 0 Å². The Kier molecular flexibility index (Phi) is 8.47. The summed E-state index contributed by atoms with van der Waals surface area (Å²) < 4.78 is 29.8. The number of aliphatic hydroxyl groups is 1. The number of carbonyl (C=O) groups excluding carboxylic acids is 1. The second kappa shape index (κ2) is 11.7. The molecule has 2 fully saturated rings. The first kappa shape index (κ1) is 23.9. The Morgan fingerprint density at radius 3 is 2.30 bits per heavy atom. The second-order valence-electron chi connectivity index (χ2n) is 8.40. The number of hydrogen-bond acceptors (Lipinski definition) is 7. The van der Waals surface area contributed by atoms with Crippen LogP contribution in [-0.4, -0.2) is 48.7 Å². The number of fused-ring (bicyclic) bond motifs is 1. The third-order valence-electron chi connectivity index (χ3n) is 5.88. The van der Waals surface area contributed by atoms with E-state index in [1.54, 1.807) is 0 Å². The van der Waals surface area contributed by atoms with Crippen LogP contribution in [0.5, 0.6) is 0 Å². The predicted octanol–water partition coefficient (Wildman–Crippen LogP) is 4.07. The van der Waals surface area contributed by atoms with Gasteiger partial charge in [-0.25, -0.2) is 0 Å². The molecule has 2 aliphatic rings. The third kappa shape index (κ3) is 6.19. The number of unbranched alkanes of at least 4 members (excludes halogenated alkanes) is 2. The molecular formula is C26H32O7. The first-order valence-corrected chi connectivity index (χ1v) is 11.7. The summed E-state index contributed by atoms with van der Waals surface area (Å²) in [5.41, 5.74) is 1.70. The van der Waals surface area contributed by atoms with E-state index >= 15 is 0 Å². The molecule has 7 nitrogen and oxygen atoms in total. The summed E-state index contributed by atoms with van der Waals surface area (Å²) in [6.45, 7) is 2.20. The van der Waals surface area contributed by atoms with E-state index in [1.165, 1.54) is 0 Å². The Morgan fingerprint density at radius 2 is 1.64 bits per heavy atom. The fourth-order valence-corrected chi connectivity index (χ4v) is 4.09. The lowest BCUT2D eigenvalue weighted by molar-refractivity contribution is -0.373. The van der Waals surface area contributed by atoms with Crippen LogP contribution in [-0.2, 0) is 28.5 Å². The number of hydrogen-bond donors (Lipinski definition) is 1. The average molecular weight is 457 g/mol. The largest absolute Gasteiger partial charge is 0.463 e. The topological polar surface area (TPSA) is 83.5 Å². The van der Waals surface area contributed by atoms with E-state index in [0.29, 0.717) is 6.42 Å². The molecule has 6 unspecified atom stereocenters. The van der Waals surface area contributed by atoms with Crippen molar-refractivity contribution in [2.75, 3.05) is 13.2 Å². The van der Waals surface area contributed by atoms with E-state index < -0.39 is 37.0 Å². The maximum absolute atomic E-state index is 12.1. The molecule has 0 bridgehead atoms. The summed E-state index contributed by atoms with van der Waals surface area (Å²) in [6, 6.07) is 19.1. The van der Waals surface area contributed by atoms with Crippen molar-refractivity contribution in [2.24, 2.45) is 0 Å². The van der Waals surface area contributed by atoms with Crippen LogP contribution in [0.25, 0.3) is 0 Å². The summed E-state index contributed by atoms with van der Waals surface area (Å²) in [4.78, 5) is 12.1. The minimum absolute atomic E-state index is 0.166. The lowest BCUT2D eigenvalue weighted by atomic mass is 9.99. The molecule has 2 heterocycles. The Hall–Kier alpha value is -2.29. The minimum atomic E-state index is -1.07. The Balaban J connectivity index is 1.46. The molecule has 0 spiro atoms. The number of carbonyl (C=O) groups is 1. The van der Waals surface area contributed by atoms with Gasteiger partial charge >= 0.3 is 5.97 Å². The van der Waals surface area contributed by atoms with Gasteiger partial charge in [0.15, 0.2) is 12.6 Å². The fraction of sp³-hybridized carbons (Fsp3) is 0.500. The third-order valence-corrected chi connectivity index (χ3v) is 5.88. The van der Waals surface area contributed by atoms with Gasteiger partial charge in [0.1, 0.15) is 31.0 Å². The van der Waals surface area contributed by atoms with Gasteiger partial charge in [0, 0.05) is 17.5 Å². The molecule has 2 saturated heterocycles. The van der Waals surface area contributed by atoms with Crippen molar-refractivity contribution in [2.45, 2.75) is 69.6 Å². The molecule has 178 valence electrons. The van der Waals surface area contributed by atoms with Gasteiger partial charge < -0.3 is 28.8 Å². The first-order valence-electron chi connectivity index (χ1n) is 11.7. The molecule has 0 aliphatic carbocycles. The monoisotopic (exact) mass is 456 g/mol. The van der Waals surface area contributed by atoms with Crippen LogP contribution < -0.4 is 0 Å². The summed E-state index contributed by atoms with van der Waals surface area (Å²) in [5.74, 6) is -0.319. The minimum Gasteiger partial charge on any atom is -0.463 e.